The summed E-state index contributed by atoms with van der Waals surface area (Å²) in [5.74, 6) is -0.630. The first-order valence-electron chi connectivity index (χ1n) is 17.6. The van der Waals surface area contributed by atoms with E-state index in [9.17, 15) is 4.79 Å². The second-order valence-corrected chi connectivity index (χ2v) is 12.9. The molecule has 0 bridgehead atoms. The molecule has 2 saturated heterocycles. The molecule has 0 aliphatic carbocycles. The zero-order chi connectivity index (χ0) is 34.7. The van der Waals surface area contributed by atoms with Gasteiger partial charge in [-0.05, 0) is 40.8 Å². The maximum Gasteiger partial charge on any atom is 0.185 e. The van der Waals surface area contributed by atoms with Crippen molar-refractivity contribution in [3.05, 3.63) is 156 Å². The van der Waals surface area contributed by atoms with E-state index >= 15 is 0 Å². The van der Waals surface area contributed by atoms with Gasteiger partial charge in [-0.25, -0.2) is 0 Å². The third-order valence-corrected chi connectivity index (χ3v) is 9.71. The van der Waals surface area contributed by atoms with Crippen molar-refractivity contribution in [3.63, 3.8) is 0 Å². The van der Waals surface area contributed by atoms with E-state index in [-0.39, 0.29) is 29.8 Å². The Bertz CT molecular complexity index is 1610. The quantitative estimate of drug-likeness (QED) is 0.119. The van der Waals surface area contributed by atoms with E-state index in [0.717, 1.165) is 35.1 Å². The van der Waals surface area contributed by atoms with Gasteiger partial charge in [0.25, 0.3) is 0 Å². The van der Waals surface area contributed by atoms with E-state index in [1.807, 2.05) is 91.0 Å². The van der Waals surface area contributed by atoms with E-state index in [1.165, 1.54) is 0 Å². The van der Waals surface area contributed by atoms with Gasteiger partial charge in [-0.2, -0.15) is 0 Å². The molecular formula is C43H48O7. The van der Waals surface area contributed by atoms with Gasteiger partial charge in [0.1, 0.15) is 24.4 Å². The van der Waals surface area contributed by atoms with Gasteiger partial charge in [0.05, 0.1) is 25.4 Å². The van der Waals surface area contributed by atoms with Crippen LogP contribution in [0.25, 0.3) is 0 Å². The predicted octanol–water partition coefficient (Wildman–Crippen LogP) is 7.80. The minimum atomic E-state index is -0.801. The first-order chi connectivity index (χ1) is 24.6. The van der Waals surface area contributed by atoms with Crippen molar-refractivity contribution in [2.75, 3.05) is 14.2 Å². The Morgan fingerprint density at radius 3 is 1.68 bits per heavy atom. The van der Waals surface area contributed by atoms with Gasteiger partial charge in [-0.15, -0.1) is 0 Å². The van der Waals surface area contributed by atoms with E-state index in [4.69, 9.17) is 28.4 Å². The largest absolute Gasteiger partial charge is 0.375 e. The minimum absolute atomic E-state index is 0.0912. The molecule has 4 aromatic rings. The fourth-order valence-corrected chi connectivity index (χ4v) is 7.32. The van der Waals surface area contributed by atoms with Crippen LogP contribution in [0.15, 0.2) is 133 Å². The van der Waals surface area contributed by atoms with Crippen LogP contribution in [-0.4, -0.2) is 62.9 Å². The Morgan fingerprint density at radius 2 is 1.16 bits per heavy atom. The Kier molecular flexibility index (Phi) is 12.8. The number of methoxy groups -OCH3 is 2. The minimum Gasteiger partial charge on any atom is -0.375 e. The lowest BCUT2D eigenvalue weighted by Crippen LogP contribution is -2.54. The molecule has 7 nitrogen and oxygen atoms in total. The Labute approximate surface area is 296 Å². The van der Waals surface area contributed by atoms with E-state index in [2.05, 4.69) is 43.3 Å². The monoisotopic (exact) mass is 676 g/mol. The summed E-state index contributed by atoms with van der Waals surface area (Å²) in [5.41, 5.74) is 4.21. The van der Waals surface area contributed by atoms with E-state index in [1.54, 1.807) is 20.3 Å². The second-order valence-electron chi connectivity index (χ2n) is 12.9. The van der Waals surface area contributed by atoms with Gasteiger partial charge in [-0.1, -0.05) is 135 Å². The van der Waals surface area contributed by atoms with Gasteiger partial charge < -0.3 is 28.4 Å². The maximum absolute atomic E-state index is 14.1. The highest BCUT2D eigenvalue weighted by molar-refractivity contribution is 5.94. The van der Waals surface area contributed by atoms with E-state index in [0.29, 0.717) is 13.2 Å². The van der Waals surface area contributed by atoms with Gasteiger partial charge in [0.15, 0.2) is 12.1 Å². The highest BCUT2D eigenvalue weighted by Crippen LogP contribution is 2.41. The number of hydrogen-bond donors (Lipinski definition) is 0. The number of hydrogen-bond acceptors (Lipinski definition) is 7. The van der Waals surface area contributed by atoms with Crippen LogP contribution in [0.3, 0.4) is 0 Å². The summed E-state index contributed by atoms with van der Waals surface area (Å²) in [4.78, 5) is 14.1. The maximum atomic E-state index is 14.1. The van der Waals surface area contributed by atoms with Crippen LogP contribution in [-0.2, 0) is 46.4 Å². The molecule has 2 aliphatic heterocycles. The number of carbonyl (C=O) groups is 1. The summed E-state index contributed by atoms with van der Waals surface area (Å²) in [7, 11) is 3.19. The first kappa shape index (κ1) is 35.9. The summed E-state index contributed by atoms with van der Waals surface area (Å²) < 4.78 is 38.3. The summed E-state index contributed by atoms with van der Waals surface area (Å²) in [6.45, 7) is 2.95. The topological polar surface area (TPSA) is 72.5 Å². The fraction of sp³-hybridized carbons (Fsp3) is 0.372. The Balaban J connectivity index is 1.35. The second kappa shape index (κ2) is 17.8. The van der Waals surface area contributed by atoms with Gasteiger partial charge in [-0.3, -0.25) is 4.79 Å². The molecule has 50 heavy (non-hydrogen) atoms. The first-order valence-corrected chi connectivity index (χ1v) is 17.6. The standard InChI is InChI=1S/C43H48O7/c1-4-17-35-37(32-22-13-7-14-23-32)41(48-29-31-20-11-6-12-21-31)40(47-28-30-18-9-5-10-19-30)36(49-35)27-26-34(44)39-38(33-24-15-8-16-25-33)42(45-2)43(46-3)50-39/h5-16,18-27,35-43H,4,17,28-29H2,1-3H3/b27-26+/t35-,36-,37+,38?,39?,40-,41-,42?,43?/m1/s1. The molecule has 2 heterocycles. The number of benzene rings is 4. The molecular weight excluding hydrogens is 628 g/mol. The van der Waals surface area contributed by atoms with Crippen molar-refractivity contribution < 1.29 is 33.2 Å². The average Bonchev–Trinajstić information content (AvgIpc) is 3.56. The predicted molar refractivity (Wildman–Crippen MR) is 193 cm³/mol. The number of rotatable bonds is 15. The zero-order valence-corrected chi connectivity index (χ0v) is 29.1. The molecule has 2 aliphatic rings. The van der Waals surface area contributed by atoms with E-state index < -0.39 is 30.7 Å². The molecule has 4 aromatic carbocycles. The number of ether oxygens (including phenoxy) is 6. The van der Waals surface area contributed by atoms with Crippen LogP contribution in [0.1, 0.15) is 53.9 Å². The lowest BCUT2D eigenvalue weighted by atomic mass is 9.79. The molecule has 0 saturated carbocycles. The number of ketones is 1. The molecule has 0 spiro atoms. The molecule has 0 amide bonds. The molecule has 6 rings (SSSR count). The molecule has 0 radical (unpaired) electrons. The average molecular weight is 677 g/mol. The molecule has 0 aromatic heterocycles. The van der Waals surface area contributed by atoms with Crippen molar-refractivity contribution in [2.24, 2.45) is 0 Å². The van der Waals surface area contributed by atoms with Crippen LogP contribution in [0.2, 0.25) is 0 Å². The summed E-state index contributed by atoms with van der Waals surface area (Å²) in [5, 5.41) is 0. The Hall–Kier alpha value is -3.95. The Morgan fingerprint density at radius 1 is 0.640 bits per heavy atom. The van der Waals surface area contributed by atoms with Crippen LogP contribution < -0.4 is 0 Å². The molecule has 7 heteroatoms. The summed E-state index contributed by atoms with van der Waals surface area (Å²) >= 11 is 0. The normalized spacial score (nSPS) is 28.2. The van der Waals surface area contributed by atoms with Crippen molar-refractivity contribution >= 4 is 5.78 Å². The lowest BCUT2D eigenvalue weighted by Gasteiger charge is -2.46. The van der Waals surface area contributed by atoms with Crippen LogP contribution in [0, 0.1) is 0 Å². The van der Waals surface area contributed by atoms with Crippen LogP contribution in [0.4, 0.5) is 0 Å². The van der Waals surface area contributed by atoms with Crippen molar-refractivity contribution in [2.45, 2.75) is 87.7 Å². The van der Waals surface area contributed by atoms with Gasteiger partial charge >= 0.3 is 0 Å². The molecule has 0 N–H and O–H groups in total. The molecule has 2 fully saturated rings. The lowest BCUT2D eigenvalue weighted by molar-refractivity contribution is -0.206. The van der Waals surface area contributed by atoms with Crippen molar-refractivity contribution in [3.8, 4) is 0 Å². The third kappa shape index (κ3) is 8.49. The zero-order valence-electron chi connectivity index (χ0n) is 29.1. The van der Waals surface area contributed by atoms with Crippen LogP contribution >= 0.6 is 0 Å². The number of carbonyl (C=O) groups excluding carboxylic acids is 1. The summed E-state index contributed by atoms with van der Waals surface area (Å²) in [6, 6.07) is 40.6. The highest BCUT2D eigenvalue weighted by Gasteiger charge is 2.50. The third-order valence-electron chi connectivity index (χ3n) is 9.71. The molecule has 262 valence electrons. The summed E-state index contributed by atoms with van der Waals surface area (Å²) in [6.07, 6.45) is 1.63. The van der Waals surface area contributed by atoms with Crippen molar-refractivity contribution in [1.29, 1.82) is 0 Å². The molecule has 4 unspecified atom stereocenters. The van der Waals surface area contributed by atoms with Crippen molar-refractivity contribution in [1.82, 2.24) is 0 Å². The van der Waals surface area contributed by atoms with Gasteiger partial charge in [0, 0.05) is 26.1 Å². The van der Waals surface area contributed by atoms with Gasteiger partial charge in [0.2, 0.25) is 0 Å². The SMILES string of the molecule is CCC[C@H]1O[C@H](/C=C/C(=O)C2OC(OC)C(OC)C2c2ccccc2)[C@@H](OCc2ccccc2)[C@H](OCc2ccccc2)[C@H]1c1ccccc1. The highest BCUT2D eigenvalue weighted by atomic mass is 16.7. The fourth-order valence-electron chi connectivity index (χ4n) is 7.32. The smallest absolute Gasteiger partial charge is 0.185 e. The molecule has 9 atom stereocenters. The van der Waals surface area contributed by atoms with Crippen LogP contribution in [0.5, 0.6) is 0 Å².